The van der Waals surface area contributed by atoms with Crippen LogP contribution >= 0.6 is 7.82 Å². The first-order valence-electron chi connectivity index (χ1n) is 22.3. The zero-order chi connectivity index (χ0) is 44.2. The Hall–Kier alpha value is -3.15. The molecule has 342 valence electrons. The summed E-state index contributed by atoms with van der Waals surface area (Å²) in [6.07, 6.45) is 48.3. The summed E-state index contributed by atoms with van der Waals surface area (Å²) in [6.45, 7) is 2.04. The summed E-state index contributed by atoms with van der Waals surface area (Å²) in [5, 5.41) is 28.6. The van der Waals surface area contributed by atoms with Gasteiger partial charge in [0.15, 0.2) is 6.10 Å². The molecule has 0 aromatic heterocycles. The Morgan fingerprint density at radius 2 is 1.05 bits per heavy atom. The molecule has 0 aromatic carbocycles. The molecule has 0 saturated carbocycles. The standard InChI is InChI=1S/C48H79O11P/c1-3-5-7-9-11-13-15-17-18-19-20-21-22-24-26-28-30-32-34-38-47(52)56-42-46(43-58-60(54,55)57-41-45(51)40-49)59-48(53)39-35-37-44(50)36-33-31-29-27-25-23-16-14-12-10-8-6-4-2/h11-14,17-18,20-21,23-26,29,31,33,36,44-46,49-51H,3-10,15-16,19,22,27-28,30,32,34-35,37-43H2,1-2H3,(H,54,55)/b13-11-,14-12-,18-17-,21-20-,25-23-,26-24-,31-29-,36-33+/t44-,45-,46+/m0/s1. The van der Waals surface area contributed by atoms with Crippen molar-refractivity contribution < 1.29 is 52.9 Å². The van der Waals surface area contributed by atoms with Gasteiger partial charge in [0.25, 0.3) is 0 Å². The molecule has 0 aliphatic heterocycles. The molecule has 0 fully saturated rings. The third-order valence-corrected chi connectivity index (χ3v) is 9.77. The molecule has 0 saturated heterocycles. The number of phosphoric ester groups is 1. The summed E-state index contributed by atoms with van der Waals surface area (Å²) in [5.41, 5.74) is 0. The number of carbonyl (C=O) groups excluding carboxylic acids is 2. The number of aliphatic hydroxyl groups is 3. The summed E-state index contributed by atoms with van der Waals surface area (Å²) in [7, 11) is -4.69. The van der Waals surface area contributed by atoms with Gasteiger partial charge in [0, 0.05) is 12.8 Å². The van der Waals surface area contributed by atoms with Crippen LogP contribution < -0.4 is 0 Å². The van der Waals surface area contributed by atoms with Crippen molar-refractivity contribution in [1.82, 2.24) is 0 Å². The average Bonchev–Trinajstić information content (AvgIpc) is 3.23. The van der Waals surface area contributed by atoms with Crippen LogP contribution in [0.1, 0.15) is 149 Å². The zero-order valence-electron chi connectivity index (χ0n) is 36.7. The Morgan fingerprint density at radius 3 is 1.58 bits per heavy atom. The number of esters is 2. The van der Waals surface area contributed by atoms with E-state index in [1.165, 1.54) is 44.9 Å². The van der Waals surface area contributed by atoms with Crippen molar-refractivity contribution in [3.63, 3.8) is 0 Å². The number of phosphoric acid groups is 1. The highest BCUT2D eigenvalue weighted by molar-refractivity contribution is 7.47. The number of allylic oxidation sites excluding steroid dienone is 15. The van der Waals surface area contributed by atoms with Crippen molar-refractivity contribution in [3.8, 4) is 0 Å². The van der Waals surface area contributed by atoms with Crippen molar-refractivity contribution in [2.75, 3.05) is 26.4 Å². The van der Waals surface area contributed by atoms with Gasteiger partial charge in [0.1, 0.15) is 12.7 Å². The zero-order valence-corrected chi connectivity index (χ0v) is 37.6. The number of aliphatic hydroxyl groups excluding tert-OH is 3. The molecule has 0 aromatic rings. The van der Waals surface area contributed by atoms with Gasteiger partial charge >= 0.3 is 19.8 Å². The van der Waals surface area contributed by atoms with E-state index in [0.717, 1.165) is 57.8 Å². The summed E-state index contributed by atoms with van der Waals surface area (Å²) in [6, 6.07) is 0. The van der Waals surface area contributed by atoms with Crippen molar-refractivity contribution in [2.24, 2.45) is 0 Å². The monoisotopic (exact) mass is 863 g/mol. The van der Waals surface area contributed by atoms with Gasteiger partial charge in [-0.05, 0) is 89.9 Å². The van der Waals surface area contributed by atoms with Crippen LogP contribution in [0.2, 0.25) is 0 Å². The molecule has 0 amide bonds. The molecule has 0 aliphatic rings. The van der Waals surface area contributed by atoms with Crippen molar-refractivity contribution >= 4 is 19.8 Å². The topological polar surface area (TPSA) is 169 Å². The third-order valence-electron chi connectivity index (χ3n) is 8.82. The Balaban J connectivity index is 4.56. The molecular weight excluding hydrogens is 783 g/mol. The second kappa shape index (κ2) is 42.5. The predicted molar refractivity (Wildman–Crippen MR) is 243 cm³/mol. The van der Waals surface area contributed by atoms with E-state index in [9.17, 15) is 29.3 Å². The SMILES string of the molecule is CCCCC/C=C\C/C=C\C/C=C\C=C\[C@H](O)CCCC(=O)O[C@H](COC(=O)CCCCC/C=C\C/C=C\C/C=C\C/C=C\CCCCC)COP(=O)(O)OC[C@@H](O)CO. The maximum atomic E-state index is 12.6. The lowest BCUT2D eigenvalue weighted by Gasteiger charge is -2.20. The normalized spacial score (nSPS) is 15.2. The van der Waals surface area contributed by atoms with Gasteiger partial charge < -0.3 is 29.7 Å². The molecule has 4 atom stereocenters. The third kappa shape index (κ3) is 41.6. The molecule has 0 spiro atoms. The average molecular weight is 863 g/mol. The first-order valence-corrected chi connectivity index (χ1v) is 23.8. The lowest BCUT2D eigenvalue weighted by molar-refractivity contribution is -0.161. The fourth-order valence-corrected chi connectivity index (χ4v) is 6.10. The van der Waals surface area contributed by atoms with Crippen LogP contribution in [0.5, 0.6) is 0 Å². The number of rotatable bonds is 40. The number of hydrogen-bond donors (Lipinski definition) is 4. The van der Waals surface area contributed by atoms with Crippen molar-refractivity contribution in [1.29, 1.82) is 0 Å². The van der Waals surface area contributed by atoms with E-state index in [1.54, 1.807) is 12.2 Å². The largest absolute Gasteiger partial charge is 0.472 e. The van der Waals surface area contributed by atoms with E-state index in [2.05, 4.69) is 91.3 Å². The van der Waals surface area contributed by atoms with E-state index < -0.39 is 64.5 Å². The molecule has 60 heavy (non-hydrogen) atoms. The van der Waals surface area contributed by atoms with Gasteiger partial charge in [-0.1, -0.05) is 143 Å². The summed E-state index contributed by atoms with van der Waals surface area (Å²) in [4.78, 5) is 35.0. The highest BCUT2D eigenvalue weighted by Gasteiger charge is 2.27. The van der Waals surface area contributed by atoms with Crippen LogP contribution in [0.25, 0.3) is 0 Å². The number of ether oxygens (including phenoxy) is 2. The molecule has 11 nitrogen and oxygen atoms in total. The Bertz CT molecular complexity index is 1330. The van der Waals surface area contributed by atoms with Crippen molar-refractivity contribution in [3.05, 3.63) is 97.2 Å². The Morgan fingerprint density at radius 1 is 0.567 bits per heavy atom. The van der Waals surface area contributed by atoms with Crippen LogP contribution in [0.4, 0.5) is 0 Å². The first kappa shape index (κ1) is 56.9. The summed E-state index contributed by atoms with van der Waals surface area (Å²) >= 11 is 0. The quantitative estimate of drug-likeness (QED) is 0.0152. The summed E-state index contributed by atoms with van der Waals surface area (Å²) in [5.74, 6) is -1.17. The fourth-order valence-electron chi connectivity index (χ4n) is 5.31. The molecule has 0 bridgehead atoms. The van der Waals surface area contributed by atoms with E-state index in [4.69, 9.17) is 19.1 Å². The number of carbonyl (C=O) groups is 2. The van der Waals surface area contributed by atoms with Gasteiger partial charge in [0.05, 0.1) is 25.9 Å². The summed E-state index contributed by atoms with van der Waals surface area (Å²) < 4.78 is 32.5. The van der Waals surface area contributed by atoms with Gasteiger partial charge in [-0.15, -0.1) is 0 Å². The van der Waals surface area contributed by atoms with E-state index in [0.29, 0.717) is 19.3 Å². The van der Waals surface area contributed by atoms with Crippen LogP contribution in [-0.4, -0.2) is 76.9 Å². The molecular formula is C48H79O11P. The van der Waals surface area contributed by atoms with Crippen molar-refractivity contribution in [2.45, 2.75) is 167 Å². The van der Waals surface area contributed by atoms with Crippen LogP contribution in [0.3, 0.4) is 0 Å². The minimum Gasteiger partial charge on any atom is -0.462 e. The van der Waals surface area contributed by atoms with Gasteiger partial charge in [0.2, 0.25) is 0 Å². The van der Waals surface area contributed by atoms with Gasteiger partial charge in [-0.3, -0.25) is 18.6 Å². The Kier molecular flexibility index (Phi) is 40.3. The maximum absolute atomic E-state index is 12.6. The highest BCUT2D eigenvalue weighted by atomic mass is 31.2. The fraction of sp³-hybridized carbons (Fsp3) is 0.625. The van der Waals surface area contributed by atoms with Gasteiger partial charge in [-0.2, -0.15) is 0 Å². The lowest BCUT2D eigenvalue weighted by atomic mass is 10.1. The van der Waals surface area contributed by atoms with Crippen LogP contribution in [0.15, 0.2) is 97.2 Å². The smallest absolute Gasteiger partial charge is 0.462 e. The molecule has 12 heteroatoms. The minimum absolute atomic E-state index is 0.0571. The minimum atomic E-state index is -4.69. The molecule has 0 aliphatic carbocycles. The second-order valence-electron chi connectivity index (χ2n) is 14.6. The van der Waals surface area contributed by atoms with E-state index in [1.807, 2.05) is 12.2 Å². The van der Waals surface area contributed by atoms with Gasteiger partial charge in [-0.25, -0.2) is 4.57 Å². The van der Waals surface area contributed by atoms with Crippen LogP contribution in [-0.2, 0) is 32.7 Å². The molecule has 0 heterocycles. The van der Waals surface area contributed by atoms with Crippen LogP contribution in [0, 0.1) is 0 Å². The van der Waals surface area contributed by atoms with E-state index >= 15 is 0 Å². The first-order chi connectivity index (χ1) is 29.1. The molecule has 4 N–H and O–H groups in total. The number of hydrogen-bond acceptors (Lipinski definition) is 10. The number of unbranched alkanes of at least 4 members (excludes halogenated alkanes) is 9. The maximum Gasteiger partial charge on any atom is 0.472 e. The molecule has 0 radical (unpaired) electrons. The van der Waals surface area contributed by atoms with E-state index in [-0.39, 0.29) is 12.8 Å². The molecule has 1 unspecified atom stereocenters. The highest BCUT2D eigenvalue weighted by Crippen LogP contribution is 2.43. The second-order valence-corrected chi connectivity index (χ2v) is 16.0. The Labute approximate surface area is 362 Å². The predicted octanol–water partition coefficient (Wildman–Crippen LogP) is 11.0. The molecule has 0 rings (SSSR count). The lowest BCUT2D eigenvalue weighted by Crippen LogP contribution is -2.30.